The molecule has 1 rings (SSSR count). The summed E-state index contributed by atoms with van der Waals surface area (Å²) in [5, 5.41) is 3.20. The molecule has 1 atom stereocenters. The molecule has 0 amide bonds. The van der Waals surface area contributed by atoms with Gasteiger partial charge in [-0.3, -0.25) is 0 Å². The summed E-state index contributed by atoms with van der Waals surface area (Å²) in [4.78, 5) is 8.90. The standard InChI is InChI=1S/C12H21N3O/c1-5-10(16-7-3)12-14-9(4)8-11(15-12)13-6-2/h8,10H,5-7H2,1-4H3,(H,13,14,15). The van der Waals surface area contributed by atoms with Gasteiger partial charge in [0.1, 0.15) is 11.9 Å². The number of rotatable bonds is 6. The van der Waals surface area contributed by atoms with Gasteiger partial charge in [0.05, 0.1) is 0 Å². The van der Waals surface area contributed by atoms with Crippen molar-refractivity contribution in [3.05, 3.63) is 17.6 Å². The molecular weight excluding hydrogens is 202 g/mol. The van der Waals surface area contributed by atoms with Crippen molar-refractivity contribution in [1.29, 1.82) is 0 Å². The molecule has 0 aliphatic rings. The molecule has 1 N–H and O–H groups in total. The molecule has 4 heteroatoms. The van der Waals surface area contributed by atoms with E-state index in [2.05, 4.69) is 29.1 Å². The number of aryl methyl sites for hydroxylation is 1. The quantitative estimate of drug-likeness (QED) is 0.805. The Kier molecular flexibility index (Phi) is 5.19. The fourth-order valence-electron chi connectivity index (χ4n) is 1.58. The van der Waals surface area contributed by atoms with Gasteiger partial charge in [0.2, 0.25) is 0 Å². The first kappa shape index (κ1) is 12.9. The maximum Gasteiger partial charge on any atom is 0.159 e. The summed E-state index contributed by atoms with van der Waals surface area (Å²) in [6, 6.07) is 1.95. The molecule has 0 radical (unpaired) electrons. The van der Waals surface area contributed by atoms with E-state index in [4.69, 9.17) is 4.74 Å². The fraction of sp³-hybridized carbons (Fsp3) is 0.667. The molecule has 1 aromatic rings. The normalized spacial score (nSPS) is 12.5. The molecule has 1 heterocycles. The Morgan fingerprint density at radius 3 is 2.62 bits per heavy atom. The van der Waals surface area contributed by atoms with Gasteiger partial charge in [-0.2, -0.15) is 0 Å². The minimum atomic E-state index is 0.00214. The molecule has 0 saturated carbocycles. The van der Waals surface area contributed by atoms with Crippen LogP contribution in [0, 0.1) is 6.92 Å². The van der Waals surface area contributed by atoms with Crippen LogP contribution in [0.1, 0.15) is 44.8 Å². The monoisotopic (exact) mass is 223 g/mol. The van der Waals surface area contributed by atoms with Crippen LogP contribution >= 0.6 is 0 Å². The second-order valence-corrected chi connectivity index (χ2v) is 3.64. The Labute approximate surface area is 97.5 Å². The van der Waals surface area contributed by atoms with E-state index in [0.717, 1.165) is 30.3 Å². The van der Waals surface area contributed by atoms with E-state index in [1.54, 1.807) is 0 Å². The summed E-state index contributed by atoms with van der Waals surface area (Å²) in [6.07, 6.45) is 0.894. The van der Waals surface area contributed by atoms with Crippen molar-refractivity contribution in [2.24, 2.45) is 0 Å². The van der Waals surface area contributed by atoms with Gasteiger partial charge in [0, 0.05) is 24.9 Å². The predicted molar refractivity (Wildman–Crippen MR) is 65.6 cm³/mol. The molecular formula is C12H21N3O. The molecule has 0 spiro atoms. The highest BCUT2D eigenvalue weighted by Crippen LogP contribution is 2.19. The summed E-state index contributed by atoms with van der Waals surface area (Å²) >= 11 is 0. The van der Waals surface area contributed by atoms with Crippen LogP contribution in [0.2, 0.25) is 0 Å². The molecule has 4 nitrogen and oxygen atoms in total. The van der Waals surface area contributed by atoms with E-state index >= 15 is 0 Å². The third-order valence-electron chi connectivity index (χ3n) is 2.26. The zero-order valence-corrected chi connectivity index (χ0v) is 10.6. The van der Waals surface area contributed by atoms with Gasteiger partial charge in [-0.05, 0) is 27.2 Å². The average Bonchev–Trinajstić information content (AvgIpc) is 2.25. The van der Waals surface area contributed by atoms with Crippen molar-refractivity contribution in [3.63, 3.8) is 0 Å². The molecule has 16 heavy (non-hydrogen) atoms. The SMILES string of the molecule is CCNc1cc(C)nc(C(CC)OCC)n1. The maximum absolute atomic E-state index is 5.61. The molecule has 0 aromatic carbocycles. The van der Waals surface area contributed by atoms with E-state index in [0.29, 0.717) is 6.61 Å². The van der Waals surface area contributed by atoms with E-state index in [-0.39, 0.29) is 6.10 Å². The summed E-state index contributed by atoms with van der Waals surface area (Å²) < 4.78 is 5.61. The van der Waals surface area contributed by atoms with Gasteiger partial charge in [0.25, 0.3) is 0 Å². The van der Waals surface area contributed by atoms with Crippen molar-refractivity contribution in [1.82, 2.24) is 9.97 Å². The van der Waals surface area contributed by atoms with Crippen molar-refractivity contribution in [2.75, 3.05) is 18.5 Å². The second kappa shape index (κ2) is 6.43. The predicted octanol–water partition coefficient (Wildman–Crippen LogP) is 2.70. The summed E-state index contributed by atoms with van der Waals surface area (Å²) in [5.41, 5.74) is 0.971. The van der Waals surface area contributed by atoms with Gasteiger partial charge in [0.15, 0.2) is 5.82 Å². The lowest BCUT2D eigenvalue weighted by Crippen LogP contribution is -2.11. The number of aromatic nitrogens is 2. The largest absolute Gasteiger partial charge is 0.371 e. The van der Waals surface area contributed by atoms with Gasteiger partial charge in [-0.25, -0.2) is 9.97 Å². The molecule has 0 bridgehead atoms. The Morgan fingerprint density at radius 2 is 2.06 bits per heavy atom. The van der Waals surface area contributed by atoms with Crippen LogP contribution in [0.3, 0.4) is 0 Å². The molecule has 0 aliphatic carbocycles. The lowest BCUT2D eigenvalue weighted by Gasteiger charge is -2.15. The van der Waals surface area contributed by atoms with E-state index in [9.17, 15) is 0 Å². The molecule has 0 saturated heterocycles. The Hall–Kier alpha value is -1.16. The Morgan fingerprint density at radius 1 is 1.31 bits per heavy atom. The van der Waals surface area contributed by atoms with Crippen LogP contribution in [0.25, 0.3) is 0 Å². The van der Waals surface area contributed by atoms with Crippen molar-refractivity contribution >= 4 is 5.82 Å². The third-order valence-corrected chi connectivity index (χ3v) is 2.26. The first-order chi connectivity index (χ1) is 7.71. The van der Waals surface area contributed by atoms with E-state index in [1.807, 2.05) is 19.9 Å². The Bertz CT molecular complexity index is 328. The fourth-order valence-corrected chi connectivity index (χ4v) is 1.58. The maximum atomic E-state index is 5.61. The van der Waals surface area contributed by atoms with Gasteiger partial charge < -0.3 is 10.1 Å². The zero-order valence-electron chi connectivity index (χ0n) is 10.6. The minimum Gasteiger partial charge on any atom is -0.371 e. The smallest absolute Gasteiger partial charge is 0.159 e. The number of ether oxygens (including phenoxy) is 1. The first-order valence-electron chi connectivity index (χ1n) is 5.92. The van der Waals surface area contributed by atoms with Gasteiger partial charge in [-0.15, -0.1) is 0 Å². The molecule has 0 fully saturated rings. The number of nitrogens with zero attached hydrogens (tertiary/aromatic N) is 2. The molecule has 1 aromatic heterocycles. The highest BCUT2D eigenvalue weighted by molar-refractivity contribution is 5.35. The number of nitrogens with one attached hydrogen (secondary N) is 1. The van der Waals surface area contributed by atoms with E-state index in [1.165, 1.54) is 0 Å². The number of hydrogen-bond donors (Lipinski definition) is 1. The van der Waals surface area contributed by atoms with Gasteiger partial charge >= 0.3 is 0 Å². The van der Waals surface area contributed by atoms with Crippen LogP contribution in [0.15, 0.2) is 6.07 Å². The summed E-state index contributed by atoms with van der Waals surface area (Å²) in [5.74, 6) is 1.66. The highest BCUT2D eigenvalue weighted by atomic mass is 16.5. The number of hydrogen-bond acceptors (Lipinski definition) is 4. The highest BCUT2D eigenvalue weighted by Gasteiger charge is 2.13. The summed E-state index contributed by atoms with van der Waals surface area (Å²) in [6.45, 7) is 9.65. The number of anilines is 1. The molecule has 0 aliphatic heterocycles. The van der Waals surface area contributed by atoms with Crippen LogP contribution in [0.5, 0.6) is 0 Å². The molecule has 1 unspecified atom stereocenters. The average molecular weight is 223 g/mol. The lowest BCUT2D eigenvalue weighted by molar-refractivity contribution is 0.0534. The lowest BCUT2D eigenvalue weighted by atomic mass is 10.2. The molecule has 90 valence electrons. The Balaban J connectivity index is 2.92. The van der Waals surface area contributed by atoms with Crippen LogP contribution in [0.4, 0.5) is 5.82 Å². The first-order valence-corrected chi connectivity index (χ1v) is 5.92. The van der Waals surface area contributed by atoms with Crippen LogP contribution in [-0.2, 0) is 4.74 Å². The van der Waals surface area contributed by atoms with Crippen LogP contribution < -0.4 is 5.32 Å². The van der Waals surface area contributed by atoms with Crippen molar-refractivity contribution in [2.45, 2.75) is 40.2 Å². The van der Waals surface area contributed by atoms with E-state index < -0.39 is 0 Å². The third kappa shape index (κ3) is 3.45. The van der Waals surface area contributed by atoms with Gasteiger partial charge in [-0.1, -0.05) is 6.92 Å². The minimum absolute atomic E-state index is 0.00214. The van der Waals surface area contributed by atoms with Crippen LogP contribution in [-0.4, -0.2) is 23.1 Å². The second-order valence-electron chi connectivity index (χ2n) is 3.64. The topological polar surface area (TPSA) is 47.0 Å². The zero-order chi connectivity index (χ0) is 12.0. The van der Waals surface area contributed by atoms with Crippen molar-refractivity contribution < 1.29 is 4.74 Å². The van der Waals surface area contributed by atoms with Crippen molar-refractivity contribution in [3.8, 4) is 0 Å². The summed E-state index contributed by atoms with van der Waals surface area (Å²) in [7, 11) is 0.